The smallest absolute Gasteiger partial charge is 0.131 e. The highest BCUT2D eigenvalue weighted by Crippen LogP contribution is 2.15. The fourth-order valence-corrected chi connectivity index (χ4v) is 1.54. The molecular formula is C16H20N2. The Morgan fingerprint density at radius 2 is 2.06 bits per heavy atom. The molecule has 0 bridgehead atoms. The van der Waals surface area contributed by atoms with Crippen LogP contribution in [0.4, 0.5) is 0 Å². The maximum absolute atomic E-state index is 9.27. The maximum Gasteiger partial charge on any atom is 0.131 e. The first-order chi connectivity index (χ1) is 8.48. The molecule has 0 radical (unpaired) electrons. The molecule has 2 nitrogen and oxygen atoms in total. The molecule has 1 aromatic rings. The minimum absolute atomic E-state index is 0.0756. The first-order valence-corrected chi connectivity index (χ1v) is 6.39. The second kappa shape index (κ2) is 6.22. The molecule has 94 valence electrons. The number of rotatable bonds is 3. The minimum Gasteiger partial charge on any atom is -0.246 e. The van der Waals surface area contributed by atoms with E-state index in [9.17, 15) is 5.26 Å². The average Bonchev–Trinajstić information content (AvgIpc) is 2.32. The highest BCUT2D eigenvalue weighted by Gasteiger charge is 2.09. The molecule has 0 N–H and O–H groups in total. The Labute approximate surface area is 110 Å². The molecule has 0 aliphatic carbocycles. The molecule has 0 aromatic carbocycles. The van der Waals surface area contributed by atoms with E-state index in [0.717, 1.165) is 24.8 Å². The van der Waals surface area contributed by atoms with E-state index in [1.165, 1.54) is 0 Å². The molecule has 0 spiro atoms. The van der Waals surface area contributed by atoms with Crippen molar-refractivity contribution in [2.75, 3.05) is 0 Å². The van der Waals surface area contributed by atoms with Gasteiger partial charge in [-0.05, 0) is 51.2 Å². The molecule has 0 aliphatic rings. The van der Waals surface area contributed by atoms with E-state index in [1.807, 2.05) is 26.8 Å². The fraction of sp³-hybridized carbons (Fsp3) is 0.500. The van der Waals surface area contributed by atoms with Crippen molar-refractivity contribution in [2.45, 2.75) is 47.0 Å². The Balaban J connectivity index is 3.13. The predicted molar refractivity (Wildman–Crippen MR) is 73.9 cm³/mol. The summed E-state index contributed by atoms with van der Waals surface area (Å²) in [7, 11) is 0. The Bertz CT molecular complexity index is 505. The lowest BCUT2D eigenvalue weighted by Gasteiger charge is -2.08. The molecule has 0 fully saturated rings. The lowest BCUT2D eigenvalue weighted by atomic mass is 9.97. The zero-order chi connectivity index (χ0) is 13.6. The minimum atomic E-state index is -0.0756. The first kappa shape index (κ1) is 14.3. The number of pyridine rings is 1. The van der Waals surface area contributed by atoms with Gasteiger partial charge in [-0.15, -0.1) is 0 Å². The second-order valence-corrected chi connectivity index (χ2v) is 5.41. The van der Waals surface area contributed by atoms with Crippen molar-refractivity contribution >= 4 is 0 Å². The molecule has 18 heavy (non-hydrogen) atoms. The topological polar surface area (TPSA) is 36.7 Å². The Hall–Kier alpha value is -1.80. The summed E-state index contributed by atoms with van der Waals surface area (Å²) >= 11 is 0. The van der Waals surface area contributed by atoms with Crippen LogP contribution in [-0.2, 0) is 6.42 Å². The monoisotopic (exact) mass is 240 g/mol. The summed E-state index contributed by atoms with van der Waals surface area (Å²) in [5.41, 5.74) is 2.24. The number of aromatic nitrogens is 1. The van der Waals surface area contributed by atoms with Crippen molar-refractivity contribution in [3.8, 4) is 17.9 Å². The van der Waals surface area contributed by atoms with Gasteiger partial charge in [-0.1, -0.05) is 19.3 Å². The standard InChI is InChI=1S/C16H20N2/c1-5-6-7-13-9-11-18-15(14(13)12-17)8-10-16(2,3)4/h9,11H,5-7H2,1-4H3. The quantitative estimate of drug-likeness (QED) is 0.755. The summed E-state index contributed by atoms with van der Waals surface area (Å²) in [5.74, 6) is 6.17. The largest absolute Gasteiger partial charge is 0.246 e. The lowest BCUT2D eigenvalue weighted by molar-refractivity contribution is 0.571. The predicted octanol–water partition coefficient (Wildman–Crippen LogP) is 3.69. The molecule has 0 saturated carbocycles. The van der Waals surface area contributed by atoms with E-state index in [0.29, 0.717) is 11.3 Å². The second-order valence-electron chi connectivity index (χ2n) is 5.41. The number of aryl methyl sites for hydroxylation is 1. The number of hydrogen-bond acceptors (Lipinski definition) is 2. The van der Waals surface area contributed by atoms with Crippen LogP contribution in [0.5, 0.6) is 0 Å². The Kier molecular flexibility index (Phi) is 4.93. The van der Waals surface area contributed by atoms with Crippen LogP contribution < -0.4 is 0 Å². The van der Waals surface area contributed by atoms with Crippen LogP contribution in [0.15, 0.2) is 12.3 Å². The van der Waals surface area contributed by atoms with E-state index >= 15 is 0 Å². The molecule has 0 atom stereocenters. The van der Waals surface area contributed by atoms with Gasteiger partial charge in [0, 0.05) is 11.6 Å². The number of nitrogens with zero attached hydrogens (tertiary/aromatic N) is 2. The summed E-state index contributed by atoms with van der Waals surface area (Å²) in [4.78, 5) is 4.23. The van der Waals surface area contributed by atoms with Gasteiger partial charge in [-0.2, -0.15) is 5.26 Å². The summed E-state index contributed by atoms with van der Waals surface area (Å²) in [6.45, 7) is 8.29. The van der Waals surface area contributed by atoms with Crippen molar-refractivity contribution < 1.29 is 0 Å². The Morgan fingerprint density at radius 3 is 2.61 bits per heavy atom. The molecule has 1 heterocycles. The van der Waals surface area contributed by atoms with E-state index < -0.39 is 0 Å². The van der Waals surface area contributed by atoms with E-state index in [1.54, 1.807) is 6.20 Å². The summed E-state index contributed by atoms with van der Waals surface area (Å²) in [6.07, 6.45) is 4.88. The molecular weight excluding hydrogens is 220 g/mol. The Morgan fingerprint density at radius 1 is 1.33 bits per heavy atom. The van der Waals surface area contributed by atoms with E-state index in [-0.39, 0.29) is 5.41 Å². The third-order valence-electron chi connectivity index (χ3n) is 2.50. The van der Waals surface area contributed by atoms with Crippen LogP contribution in [0.2, 0.25) is 0 Å². The molecule has 1 aromatic heterocycles. The van der Waals surface area contributed by atoms with Crippen LogP contribution in [0.1, 0.15) is 57.4 Å². The average molecular weight is 240 g/mol. The third-order valence-corrected chi connectivity index (χ3v) is 2.50. The molecule has 0 unspecified atom stereocenters. The SMILES string of the molecule is CCCCc1ccnc(C#CC(C)(C)C)c1C#N. The van der Waals surface area contributed by atoms with Crippen molar-refractivity contribution in [2.24, 2.45) is 5.41 Å². The van der Waals surface area contributed by atoms with Crippen molar-refractivity contribution in [3.63, 3.8) is 0 Å². The molecule has 0 amide bonds. The first-order valence-electron chi connectivity index (χ1n) is 6.39. The van der Waals surface area contributed by atoms with Crippen molar-refractivity contribution in [3.05, 3.63) is 29.1 Å². The van der Waals surface area contributed by atoms with Gasteiger partial charge in [0.1, 0.15) is 11.8 Å². The molecule has 0 aliphatic heterocycles. The lowest BCUT2D eigenvalue weighted by Crippen LogP contribution is -2.01. The summed E-state index contributed by atoms with van der Waals surface area (Å²) in [6, 6.07) is 4.17. The molecule has 0 saturated heterocycles. The van der Waals surface area contributed by atoms with Crippen molar-refractivity contribution in [1.82, 2.24) is 4.98 Å². The van der Waals surface area contributed by atoms with Gasteiger partial charge in [-0.3, -0.25) is 0 Å². The van der Waals surface area contributed by atoms with E-state index in [2.05, 4.69) is 29.8 Å². The van der Waals surface area contributed by atoms with E-state index in [4.69, 9.17) is 0 Å². The molecule has 2 heteroatoms. The van der Waals surface area contributed by atoms with Crippen LogP contribution in [0, 0.1) is 28.6 Å². The van der Waals surface area contributed by atoms with Gasteiger partial charge < -0.3 is 0 Å². The van der Waals surface area contributed by atoms with Crippen LogP contribution in [0.3, 0.4) is 0 Å². The highest BCUT2D eigenvalue weighted by molar-refractivity contribution is 5.48. The number of unbranched alkanes of at least 4 members (excludes halogenated alkanes) is 1. The highest BCUT2D eigenvalue weighted by atomic mass is 14.7. The molecule has 1 rings (SSSR count). The maximum atomic E-state index is 9.27. The van der Waals surface area contributed by atoms with Gasteiger partial charge in [0.25, 0.3) is 0 Å². The summed E-state index contributed by atoms with van der Waals surface area (Å²) < 4.78 is 0. The van der Waals surface area contributed by atoms with Crippen LogP contribution >= 0.6 is 0 Å². The van der Waals surface area contributed by atoms with Gasteiger partial charge in [0.05, 0.1) is 5.56 Å². The normalized spacial score (nSPS) is 10.4. The van der Waals surface area contributed by atoms with Crippen molar-refractivity contribution in [1.29, 1.82) is 5.26 Å². The van der Waals surface area contributed by atoms with Gasteiger partial charge in [-0.25, -0.2) is 4.98 Å². The number of hydrogen-bond donors (Lipinski definition) is 0. The van der Waals surface area contributed by atoms with Crippen LogP contribution in [0.25, 0.3) is 0 Å². The number of nitriles is 1. The summed E-state index contributed by atoms with van der Waals surface area (Å²) in [5, 5.41) is 9.27. The fourth-order valence-electron chi connectivity index (χ4n) is 1.54. The van der Waals surface area contributed by atoms with Gasteiger partial charge in [0.15, 0.2) is 0 Å². The van der Waals surface area contributed by atoms with Gasteiger partial charge in [0.2, 0.25) is 0 Å². The van der Waals surface area contributed by atoms with Crippen LogP contribution in [-0.4, -0.2) is 4.98 Å². The van der Waals surface area contributed by atoms with Gasteiger partial charge >= 0.3 is 0 Å². The zero-order valence-corrected chi connectivity index (χ0v) is 11.7. The third kappa shape index (κ3) is 4.22. The zero-order valence-electron chi connectivity index (χ0n) is 11.7.